The van der Waals surface area contributed by atoms with Gasteiger partial charge in [0.1, 0.15) is 18.2 Å². The first-order valence-corrected chi connectivity index (χ1v) is 9.83. The molecule has 0 fully saturated rings. The van der Waals surface area contributed by atoms with Gasteiger partial charge in [-0.2, -0.15) is 0 Å². The maximum Gasteiger partial charge on any atom is 0.139 e. The molecule has 0 bridgehead atoms. The van der Waals surface area contributed by atoms with Crippen molar-refractivity contribution in [1.82, 2.24) is 0 Å². The molecule has 0 unspecified atom stereocenters. The van der Waals surface area contributed by atoms with E-state index in [1.165, 1.54) is 12.1 Å². The van der Waals surface area contributed by atoms with E-state index in [0.717, 1.165) is 31.5 Å². The third-order valence-corrected chi connectivity index (χ3v) is 5.10. The second kappa shape index (κ2) is 8.89. The third kappa shape index (κ3) is 5.00. The summed E-state index contributed by atoms with van der Waals surface area (Å²) in [5.41, 5.74) is 2.72. The van der Waals surface area contributed by atoms with Crippen LogP contribution < -0.4 is 10.1 Å². The molecule has 0 heterocycles. The Morgan fingerprint density at radius 3 is 2.46 bits per heavy atom. The fraction of sp³-hybridized carbons (Fsp3) is 0.100. The molecular formula is C20H15Br2ClFNO. The van der Waals surface area contributed by atoms with Crippen LogP contribution in [0.4, 0.5) is 10.1 Å². The molecule has 0 saturated carbocycles. The first kappa shape index (κ1) is 19.2. The minimum absolute atomic E-state index is 0.261. The zero-order valence-electron chi connectivity index (χ0n) is 13.6. The molecule has 3 aromatic carbocycles. The van der Waals surface area contributed by atoms with Crippen LogP contribution in [0.5, 0.6) is 5.75 Å². The number of benzene rings is 3. The summed E-state index contributed by atoms with van der Waals surface area (Å²) in [6.07, 6.45) is 0. The van der Waals surface area contributed by atoms with Gasteiger partial charge in [-0.25, -0.2) is 4.39 Å². The molecule has 0 aliphatic heterocycles. The van der Waals surface area contributed by atoms with Gasteiger partial charge in [-0.05, 0) is 57.9 Å². The monoisotopic (exact) mass is 497 g/mol. The van der Waals surface area contributed by atoms with E-state index < -0.39 is 0 Å². The predicted octanol–water partition coefficient (Wildman–Crippen LogP) is 7.20. The Labute approximate surface area is 173 Å². The summed E-state index contributed by atoms with van der Waals surface area (Å²) in [4.78, 5) is 0. The van der Waals surface area contributed by atoms with Crippen molar-refractivity contribution in [2.75, 3.05) is 5.32 Å². The van der Waals surface area contributed by atoms with E-state index in [9.17, 15) is 4.39 Å². The molecule has 26 heavy (non-hydrogen) atoms. The zero-order valence-corrected chi connectivity index (χ0v) is 17.5. The highest BCUT2D eigenvalue weighted by Gasteiger charge is 2.11. The minimum atomic E-state index is -0.261. The Hall–Kier alpha value is -1.56. The summed E-state index contributed by atoms with van der Waals surface area (Å²) in [6.45, 7) is 0.889. The molecule has 3 rings (SSSR count). The summed E-state index contributed by atoms with van der Waals surface area (Å²) in [6, 6.07) is 17.8. The van der Waals surface area contributed by atoms with Crippen molar-refractivity contribution in [2.45, 2.75) is 13.2 Å². The van der Waals surface area contributed by atoms with Crippen LogP contribution in [0.25, 0.3) is 0 Å². The van der Waals surface area contributed by atoms with Crippen LogP contribution in [-0.2, 0) is 13.2 Å². The molecule has 3 aromatic rings. The number of anilines is 1. The van der Waals surface area contributed by atoms with Crippen molar-refractivity contribution >= 4 is 49.1 Å². The van der Waals surface area contributed by atoms with Crippen molar-refractivity contribution in [3.63, 3.8) is 0 Å². The van der Waals surface area contributed by atoms with E-state index in [4.69, 9.17) is 16.3 Å². The molecule has 0 atom stereocenters. The largest absolute Gasteiger partial charge is 0.487 e. The summed E-state index contributed by atoms with van der Waals surface area (Å²) in [5, 5.41) is 3.99. The number of para-hydroxylation sites is 1. The summed E-state index contributed by atoms with van der Waals surface area (Å²) in [7, 11) is 0. The molecule has 0 amide bonds. The van der Waals surface area contributed by atoms with Gasteiger partial charge in [-0.3, -0.25) is 0 Å². The van der Waals surface area contributed by atoms with Crippen molar-refractivity contribution in [1.29, 1.82) is 0 Å². The molecule has 134 valence electrons. The van der Waals surface area contributed by atoms with Crippen molar-refractivity contribution < 1.29 is 9.13 Å². The first-order valence-electron chi connectivity index (χ1n) is 7.86. The molecule has 2 nitrogen and oxygen atoms in total. The van der Waals surface area contributed by atoms with Gasteiger partial charge >= 0.3 is 0 Å². The molecule has 0 spiro atoms. The van der Waals surface area contributed by atoms with E-state index in [0.29, 0.717) is 18.2 Å². The molecule has 0 saturated heterocycles. The van der Waals surface area contributed by atoms with Crippen molar-refractivity contribution in [3.8, 4) is 5.75 Å². The van der Waals surface area contributed by atoms with Crippen LogP contribution in [0.2, 0.25) is 5.02 Å². The van der Waals surface area contributed by atoms with Crippen LogP contribution in [0, 0.1) is 5.82 Å². The van der Waals surface area contributed by atoms with E-state index >= 15 is 0 Å². The molecule has 1 N–H and O–H groups in total. The van der Waals surface area contributed by atoms with Gasteiger partial charge in [0.25, 0.3) is 0 Å². The fourth-order valence-corrected chi connectivity index (χ4v) is 4.07. The number of hydrogen-bond donors (Lipinski definition) is 1. The number of rotatable bonds is 6. The molecule has 0 radical (unpaired) electrons. The van der Waals surface area contributed by atoms with E-state index in [2.05, 4.69) is 37.2 Å². The molecular weight excluding hydrogens is 484 g/mol. The van der Waals surface area contributed by atoms with Crippen LogP contribution in [-0.4, -0.2) is 0 Å². The van der Waals surface area contributed by atoms with Gasteiger partial charge in [-0.15, -0.1) is 0 Å². The predicted molar refractivity (Wildman–Crippen MR) is 111 cm³/mol. The Morgan fingerprint density at radius 1 is 1.00 bits per heavy atom. The second-order valence-electron chi connectivity index (χ2n) is 5.62. The van der Waals surface area contributed by atoms with Crippen LogP contribution in [0.3, 0.4) is 0 Å². The van der Waals surface area contributed by atoms with Gasteiger partial charge in [0, 0.05) is 16.6 Å². The Bertz CT molecular complexity index is 903. The third-order valence-electron chi connectivity index (χ3n) is 3.72. The van der Waals surface area contributed by atoms with Gasteiger partial charge in [0.15, 0.2) is 0 Å². The summed E-state index contributed by atoms with van der Waals surface area (Å²) >= 11 is 13.3. The quantitative estimate of drug-likeness (QED) is 0.387. The summed E-state index contributed by atoms with van der Waals surface area (Å²) in [5.74, 6) is 0.472. The molecule has 6 heteroatoms. The van der Waals surface area contributed by atoms with E-state index in [1.807, 2.05) is 36.4 Å². The van der Waals surface area contributed by atoms with Crippen LogP contribution in [0.1, 0.15) is 11.1 Å². The topological polar surface area (TPSA) is 21.3 Å². The standard InChI is InChI=1S/C20H15Br2ClFNO/c21-15-9-14(11-25-19-4-2-1-3-18(19)23)20(17(22)10-15)26-12-13-5-7-16(24)8-6-13/h1-10,25H,11-12H2. The summed E-state index contributed by atoms with van der Waals surface area (Å²) < 4.78 is 20.8. The normalized spacial score (nSPS) is 10.6. The zero-order chi connectivity index (χ0) is 18.5. The fourth-order valence-electron chi connectivity index (χ4n) is 2.44. The number of hydrogen-bond acceptors (Lipinski definition) is 2. The van der Waals surface area contributed by atoms with Gasteiger partial charge in [0.2, 0.25) is 0 Å². The van der Waals surface area contributed by atoms with Crippen molar-refractivity contribution in [2.24, 2.45) is 0 Å². The lowest BCUT2D eigenvalue weighted by Gasteiger charge is -2.16. The lowest BCUT2D eigenvalue weighted by molar-refractivity contribution is 0.301. The average molecular weight is 500 g/mol. The van der Waals surface area contributed by atoms with Gasteiger partial charge in [0.05, 0.1) is 15.2 Å². The maximum absolute atomic E-state index is 13.0. The van der Waals surface area contributed by atoms with Crippen LogP contribution in [0.15, 0.2) is 69.6 Å². The van der Waals surface area contributed by atoms with Crippen LogP contribution >= 0.6 is 43.5 Å². The number of nitrogens with one attached hydrogen (secondary N) is 1. The SMILES string of the molecule is Fc1ccc(COc2c(Br)cc(Br)cc2CNc2ccccc2Cl)cc1. The first-order chi connectivity index (χ1) is 12.5. The average Bonchev–Trinajstić information content (AvgIpc) is 2.61. The highest BCUT2D eigenvalue weighted by atomic mass is 79.9. The smallest absolute Gasteiger partial charge is 0.139 e. The number of halogens is 4. The van der Waals surface area contributed by atoms with Crippen molar-refractivity contribution in [3.05, 3.63) is 91.6 Å². The Morgan fingerprint density at radius 2 is 1.73 bits per heavy atom. The second-order valence-corrected chi connectivity index (χ2v) is 7.80. The molecule has 0 aromatic heterocycles. The highest BCUT2D eigenvalue weighted by molar-refractivity contribution is 9.11. The Kier molecular flexibility index (Phi) is 6.57. The van der Waals surface area contributed by atoms with Gasteiger partial charge < -0.3 is 10.1 Å². The lowest BCUT2D eigenvalue weighted by Crippen LogP contribution is -2.05. The lowest BCUT2D eigenvalue weighted by atomic mass is 10.2. The molecule has 0 aliphatic rings. The maximum atomic E-state index is 13.0. The van der Waals surface area contributed by atoms with E-state index in [-0.39, 0.29) is 5.82 Å². The minimum Gasteiger partial charge on any atom is -0.487 e. The molecule has 0 aliphatic carbocycles. The van der Waals surface area contributed by atoms with Gasteiger partial charge in [-0.1, -0.05) is 51.8 Å². The number of ether oxygens (including phenoxy) is 1. The Balaban J connectivity index is 1.78. The highest BCUT2D eigenvalue weighted by Crippen LogP contribution is 2.34. The van der Waals surface area contributed by atoms with E-state index in [1.54, 1.807) is 12.1 Å².